The van der Waals surface area contributed by atoms with E-state index < -0.39 is 10.9 Å². The van der Waals surface area contributed by atoms with Gasteiger partial charge in [-0.3, -0.25) is 4.79 Å². The van der Waals surface area contributed by atoms with Crippen molar-refractivity contribution < 1.29 is 9.72 Å². The third-order valence-electron chi connectivity index (χ3n) is 3.31. The van der Waals surface area contributed by atoms with Gasteiger partial charge in [-0.2, -0.15) is 4.68 Å². The number of carbonyl (C=O) groups excluding carboxylic acids is 1. The van der Waals surface area contributed by atoms with E-state index in [1.54, 1.807) is 0 Å². The maximum Gasteiger partial charge on any atom is 0.490 e. The Morgan fingerprint density at radius 2 is 2.14 bits per heavy atom. The molecule has 0 saturated carbocycles. The van der Waals surface area contributed by atoms with E-state index in [2.05, 4.69) is 21.6 Å². The first kappa shape index (κ1) is 14.9. The van der Waals surface area contributed by atoms with Crippen LogP contribution in [0.4, 0.5) is 5.95 Å². The Labute approximate surface area is 121 Å². The Morgan fingerprint density at radius 1 is 1.43 bits per heavy atom. The number of ketones is 1. The lowest BCUT2D eigenvalue weighted by Gasteiger charge is -2.07. The van der Waals surface area contributed by atoms with Gasteiger partial charge in [-0.05, 0) is 31.3 Å². The highest BCUT2D eigenvalue weighted by molar-refractivity contribution is 5.97. The Balaban J connectivity index is 2.20. The summed E-state index contributed by atoms with van der Waals surface area (Å²) in [5.74, 6) is -0.635. The van der Waals surface area contributed by atoms with E-state index >= 15 is 0 Å². The quantitative estimate of drug-likeness (QED) is 0.460. The van der Waals surface area contributed by atoms with Gasteiger partial charge in [0.05, 0.1) is 0 Å². The van der Waals surface area contributed by atoms with Crippen LogP contribution in [-0.4, -0.2) is 30.0 Å². The highest BCUT2D eigenvalue weighted by atomic mass is 16.6. The minimum atomic E-state index is -0.686. The Bertz CT molecular complexity index is 686. The molecule has 2 heterocycles. The van der Waals surface area contributed by atoms with Crippen LogP contribution >= 0.6 is 0 Å². The predicted molar refractivity (Wildman–Crippen MR) is 75.2 cm³/mol. The van der Waals surface area contributed by atoms with E-state index in [1.165, 1.54) is 11.0 Å². The molecule has 0 aliphatic heterocycles. The third kappa shape index (κ3) is 2.99. The zero-order valence-corrected chi connectivity index (χ0v) is 12.2. The summed E-state index contributed by atoms with van der Waals surface area (Å²) >= 11 is 0. The number of nitrogens with zero attached hydrogens (tertiary/aromatic N) is 5. The van der Waals surface area contributed by atoms with E-state index in [-0.39, 0.29) is 12.3 Å². The fourth-order valence-corrected chi connectivity index (χ4v) is 2.33. The molecule has 0 N–H and O–H groups in total. The highest BCUT2D eigenvalue weighted by Crippen LogP contribution is 2.17. The maximum absolute atomic E-state index is 12.3. The molecule has 21 heavy (non-hydrogen) atoms. The lowest BCUT2D eigenvalue weighted by atomic mass is 10.1. The molecule has 2 aromatic rings. The molecule has 2 rings (SSSR count). The van der Waals surface area contributed by atoms with Crippen molar-refractivity contribution in [2.24, 2.45) is 0 Å². The number of nitro groups is 1. The number of aryl methyl sites for hydroxylation is 1. The number of Topliss-reactive ketones (excluding diaryl/α,β-unsaturated/α-hetero) is 1. The molecule has 0 fully saturated rings. The van der Waals surface area contributed by atoms with E-state index in [0.717, 1.165) is 24.4 Å². The predicted octanol–water partition coefficient (Wildman–Crippen LogP) is 1.90. The molecule has 0 atom stereocenters. The molecular formula is C13H17N5O3. The molecule has 0 aliphatic carbocycles. The van der Waals surface area contributed by atoms with Crippen LogP contribution in [0.1, 0.15) is 35.1 Å². The standard InChI is InChI=1S/C13H17N5O3/c1-4-5-17-9(2)6-11(10(17)3)12(19)7-16-8-14-13(15-16)18(20)21/h6,8H,4-5,7H2,1-3H3. The molecule has 0 unspecified atom stereocenters. The SMILES string of the molecule is CCCn1c(C)cc(C(=O)Cn2cnc([N+](=O)[O-])n2)c1C. The minimum Gasteiger partial charge on any atom is -0.390 e. The smallest absolute Gasteiger partial charge is 0.390 e. The molecule has 0 aromatic carbocycles. The van der Waals surface area contributed by atoms with Crippen LogP contribution in [0.2, 0.25) is 0 Å². The zero-order chi connectivity index (χ0) is 15.6. The second kappa shape index (κ2) is 5.86. The van der Waals surface area contributed by atoms with Crippen molar-refractivity contribution in [2.45, 2.75) is 40.3 Å². The molecule has 0 aliphatic rings. The largest absolute Gasteiger partial charge is 0.490 e. The number of aromatic nitrogens is 4. The Hall–Kier alpha value is -2.51. The van der Waals surface area contributed by atoms with Gasteiger partial charge in [-0.15, -0.1) is 0 Å². The van der Waals surface area contributed by atoms with Gasteiger partial charge in [0.1, 0.15) is 6.54 Å². The monoisotopic (exact) mass is 291 g/mol. The van der Waals surface area contributed by atoms with Crippen molar-refractivity contribution in [3.8, 4) is 0 Å². The topological polar surface area (TPSA) is 95.8 Å². The van der Waals surface area contributed by atoms with Gasteiger partial charge in [0.2, 0.25) is 6.33 Å². The highest BCUT2D eigenvalue weighted by Gasteiger charge is 2.19. The van der Waals surface area contributed by atoms with Crippen molar-refractivity contribution in [3.05, 3.63) is 39.5 Å². The minimum absolute atomic E-state index is 0.0583. The molecule has 112 valence electrons. The first-order valence-corrected chi connectivity index (χ1v) is 6.67. The van der Waals surface area contributed by atoms with Crippen molar-refractivity contribution in [3.63, 3.8) is 0 Å². The summed E-state index contributed by atoms with van der Waals surface area (Å²) < 4.78 is 3.28. The summed E-state index contributed by atoms with van der Waals surface area (Å²) in [5, 5.41) is 14.2. The molecular weight excluding hydrogens is 274 g/mol. The Kier molecular flexibility index (Phi) is 4.15. The van der Waals surface area contributed by atoms with Crippen LogP contribution in [0.25, 0.3) is 0 Å². The fourth-order valence-electron chi connectivity index (χ4n) is 2.33. The van der Waals surface area contributed by atoms with E-state index in [0.29, 0.717) is 5.56 Å². The van der Waals surface area contributed by atoms with Gasteiger partial charge in [0.25, 0.3) is 0 Å². The van der Waals surface area contributed by atoms with Gasteiger partial charge in [0.15, 0.2) is 5.78 Å². The van der Waals surface area contributed by atoms with Crippen molar-refractivity contribution >= 4 is 11.7 Å². The van der Waals surface area contributed by atoms with Crippen LogP contribution in [0.3, 0.4) is 0 Å². The van der Waals surface area contributed by atoms with E-state index in [4.69, 9.17) is 0 Å². The van der Waals surface area contributed by atoms with Gasteiger partial charge in [-0.1, -0.05) is 11.9 Å². The summed E-state index contributed by atoms with van der Waals surface area (Å²) in [6.45, 7) is 6.74. The molecule has 2 aromatic heterocycles. The van der Waals surface area contributed by atoms with Gasteiger partial charge in [0, 0.05) is 28.6 Å². The number of hydrogen-bond acceptors (Lipinski definition) is 5. The Morgan fingerprint density at radius 3 is 2.71 bits per heavy atom. The molecule has 0 radical (unpaired) electrons. The second-order valence-corrected chi connectivity index (χ2v) is 4.86. The summed E-state index contributed by atoms with van der Waals surface area (Å²) in [7, 11) is 0. The molecule has 0 spiro atoms. The fraction of sp³-hybridized carbons (Fsp3) is 0.462. The van der Waals surface area contributed by atoms with E-state index in [1.807, 2.05) is 19.9 Å². The van der Waals surface area contributed by atoms with Crippen LogP contribution in [0.15, 0.2) is 12.4 Å². The summed E-state index contributed by atoms with van der Waals surface area (Å²) in [6.07, 6.45) is 2.18. The van der Waals surface area contributed by atoms with Crippen molar-refractivity contribution in [1.82, 2.24) is 19.3 Å². The van der Waals surface area contributed by atoms with Gasteiger partial charge in [-0.25, -0.2) is 0 Å². The number of rotatable bonds is 6. The average molecular weight is 291 g/mol. The van der Waals surface area contributed by atoms with Crippen molar-refractivity contribution in [2.75, 3.05) is 0 Å². The average Bonchev–Trinajstić information content (AvgIpc) is 2.99. The van der Waals surface area contributed by atoms with Crippen LogP contribution in [0, 0.1) is 24.0 Å². The normalized spacial score (nSPS) is 10.8. The lowest BCUT2D eigenvalue weighted by Crippen LogP contribution is -2.12. The molecule has 0 bridgehead atoms. The zero-order valence-electron chi connectivity index (χ0n) is 12.2. The molecule has 8 heteroatoms. The first-order valence-electron chi connectivity index (χ1n) is 6.67. The van der Waals surface area contributed by atoms with Gasteiger partial charge < -0.3 is 14.7 Å². The van der Waals surface area contributed by atoms with Crippen LogP contribution in [-0.2, 0) is 13.1 Å². The van der Waals surface area contributed by atoms with Crippen LogP contribution in [0.5, 0.6) is 0 Å². The summed E-state index contributed by atoms with van der Waals surface area (Å²) in [6, 6.07) is 1.85. The lowest BCUT2D eigenvalue weighted by molar-refractivity contribution is -0.394. The number of carbonyl (C=O) groups is 1. The third-order valence-corrected chi connectivity index (χ3v) is 3.31. The maximum atomic E-state index is 12.3. The van der Waals surface area contributed by atoms with Crippen LogP contribution < -0.4 is 0 Å². The first-order chi connectivity index (χ1) is 9.93. The summed E-state index contributed by atoms with van der Waals surface area (Å²) in [5.41, 5.74) is 2.57. The molecule has 0 amide bonds. The number of hydrogen-bond donors (Lipinski definition) is 0. The summed E-state index contributed by atoms with van der Waals surface area (Å²) in [4.78, 5) is 25.7. The van der Waals surface area contributed by atoms with Gasteiger partial charge >= 0.3 is 5.95 Å². The van der Waals surface area contributed by atoms with E-state index in [9.17, 15) is 14.9 Å². The molecule has 0 saturated heterocycles. The van der Waals surface area contributed by atoms with Crippen molar-refractivity contribution in [1.29, 1.82) is 0 Å². The molecule has 8 nitrogen and oxygen atoms in total. The second-order valence-electron chi connectivity index (χ2n) is 4.86.